The normalized spacial score (nSPS) is 10.6. The van der Waals surface area contributed by atoms with Gasteiger partial charge >= 0.3 is 0 Å². The number of carbonyl (C=O) groups excluding carboxylic acids is 2. The topological polar surface area (TPSA) is 93.5 Å². The molecule has 1 aromatic carbocycles. The van der Waals surface area contributed by atoms with Gasteiger partial charge in [0.05, 0.1) is 0 Å². The summed E-state index contributed by atoms with van der Waals surface area (Å²) in [6.07, 6.45) is 2.39. The summed E-state index contributed by atoms with van der Waals surface area (Å²) in [7, 11) is 0. The first-order valence-electron chi connectivity index (χ1n) is 8.77. The molecule has 0 aliphatic carbocycles. The van der Waals surface area contributed by atoms with E-state index in [-0.39, 0.29) is 30.2 Å². The summed E-state index contributed by atoms with van der Waals surface area (Å²) in [5.74, 6) is 0.810. The quantitative estimate of drug-likeness (QED) is 0.714. The number of unbranched alkanes of at least 4 members (excludes halogenated alkanes) is 1. The number of ether oxygens (including phenoxy) is 1. The van der Waals surface area contributed by atoms with E-state index in [9.17, 15) is 9.59 Å². The Morgan fingerprint density at radius 1 is 1.23 bits per heavy atom. The second-order valence-corrected chi connectivity index (χ2v) is 6.27. The third-order valence-corrected chi connectivity index (χ3v) is 3.49. The molecule has 140 valence electrons. The van der Waals surface area contributed by atoms with Crippen molar-refractivity contribution in [3.05, 3.63) is 41.8 Å². The highest BCUT2D eigenvalue weighted by molar-refractivity contribution is 5.92. The average Bonchev–Trinajstić information content (AvgIpc) is 3.08. The highest BCUT2D eigenvalue weighted by Gasteiger charge is 2.13. The smallest absolute Gasteiger partial charge is 0.273 e. The maximum atomic E-state index is 11.8. The molecule has 0 saturated carbocycles. The van der Waals surface area contributed by atoms with Crippen LogP contribution in [0.1, 0.15) is 56.3 Å². The molecular formula is C19H25N3O4. The molecule has 7 nitrogen and oxygen atoms in total. The molecule has 0 aliphatic rings. The number of rotatable bonds is 9. The van der Waals surface area contributed by atoms with E-state index in [1.165, 1.54) is 0 Å². The molecule has 1 aromatic heterocycles. The predicted molar refractivity (Wildman–Crippen MR) is 98.0 cm³/mol. The molecular weight excluding hydrogens is 334 g/mol. The Morgan fingerprint density at radius 3 is 2.62 bits per heavy atom. The fourth-order valence-electron chi connectivity index (χ4n) is 2.17. The van der Waals surface area contributed by atoms with E-state index in [1.54, 1.807) is 30.3 Å². The van der Waals surface area contributed by atoms with Gasteiger partial charge in [-0.2, -0.15) is 0 Å². The van der Waals surface area contributed by atoms with Gasteiger partial charge in [-0.05, 0) is 44.5 Å². The lowest BCUT2D eigenvalue weighted by Crippen LogP contribution is -2.30. The molecule has 0 spiro atoms. The highest BCUT2D eigenvalue weighted by Crippen LogP contribution is 2.18. The zero-order valence-electron chi connectivity index (χ0n) is 15.4. The van der Waals surface area contributed by atoms with Crippen LogP contribution in [0, 0.1) is 0 Å². The van der Waals surface area contributed by atoms with Gasteiger partial charge in [-0.1, -0.05) is 18.5 Å². The van der Waals surface area contributed by atoms with Crippen LogP contribution in [0.2, 0.25) is 0 Å². The average molecular weight is 359 g/mol. The fraction of sp³-hybridized carbons (Fsp3) is 0.421. The molecule has 2 rings (SSSR count). The van der Waals surface area contributed by atoms with E-state index in [2.05, 4.69) is 15.8 Å². The van der Waals surface area contributed by atoms with E-state index < -0.39 is 0 Å². The van der Waals surface area contributed by atoms with Gasteiger partial charge in [0.1, 0.15) is 12.4 Å². The number of anilines is 1. The van der Waals surface area contributed by atoms with Gasteiger partial charge in [0.15, 0.2) is 11.5 Å². The van der Waals surface area contributed by atoms with Gasteiger partial charge in [0.25, 0.3) is 5.91 Å². The van der Waals surface area contributed by atoms with Crippen molar-refractivity contribution < 1.29 is 18.8 Å². The van der Waals surface area contributed by atoms with Crippen molar-refractivity contribution in [2.75, 3.05) is 5.32 Å². The van der Waals surface area contributed by atoms with Crippen LogP contribution < -0.4 is 15.4 Å². The predicted octanol–water partition coefficient (Wildman–Crippen LogP) is 3.52. The second kappa shape index (κ2) is 9.60. The van der Waals surface area contributed by atoms with Crippen LogP contribution in [0.25, 0.3) is 0 Å². The van der Waals surface area contributed by atoms with Gasteiger partial charge in [-0.15, -0.1) is 0 Å². The number of amides is 2. The van der Waals surface area contributed by atoms with Crippen LogP contribution in [0.5, 0.6) is 5.75 Å². The number of benzene rings is 1. The number of aromatic nitrogens is 1. The summed E-state index contributed by atoms with van der Waals surface area (Å²) in [5, 5.41) is 9.32. The molecule has 2 amide bonds. The Bertz CT molecular complexity index is 723. The van der Waals surface area contributed by atoms with Crippen molar-refractivity contribution in [2.24, 2.45) is 0 Å². The van der Waals surface area contributed by atoms with Crippen molar-refractivity contribution in [3.63, 3.8) is 0 Å². The van der Waals surface area contributed by atoms with Crippen LogP contribution in [0.15, 0.2) is 34.9 Å². The first-order valence-corrected chi connectivity index (χ1v) is 8.77. The van der Waals surface area contributed by atoms with Crippen molar-refractivity contribution >= 4 is 17.5 Å². The number of hydrogen-bond acceptors (Lipinski definition) is 5. The van der Waals surface area contributed by atoms with E-state index in [0.29, 0.717) is 17.9 Å². The number of hydrogen-bond donors (Lipinski definition) is 2. The molecule has 0 radical (unpaired) electrons. The molecule has 2 N–H and O–H groups in total. The number of nitrogens with zero attached hydrogens (tertiary/aromatic N) is 1. The third-order valence-electron chi connectivity index (χ3n) is 3.49. The second-order valence-electron chi connectivity index (χ2n) is 6.27. The lowest BCUT2D eigenvalue weighted by Gasteiger charge is -2.07. The maximum Gasteiger partial charge on any atom is 0.273 e. The minimum absolute atomic E-state index is 0.00869. The van der Waals surface area contributed by atoms with Crippen LogP contribution in [0.3, 0.4) is 0 Å². The van der Waals surface area contributed by atoms with Crippen molar-refractivity contribution in [3.8, 4) is 5.75 Å². The van der Waals surface area contributed by atoms with Crippen molar-refractivity contribution in [1.29, 1.82) is 0 Å². The molecule has 0 atom stereocenters. The van der Waals surface area contributed by atoms with Crippen LogP contribution in [-0.2, 0) is 11.4 Å². The van der Waals surface area contributed by atoms with Gasteiger partial charge in [0.2, 0.25) is 5.91 Å². The molecule has 1 heterocycles. The summed E-state index contributed by atoms with van der Waals surface area (Å²) >= 11 is 0. The minimum atomic E-state index is -0.279. The standard InChI is InChI=1S/C19H25N3O4/c1-4-5-6-18(23)21-14-7-9-15(10-8-14)25-12-16-11-17(22-26-16)19(24)20-13(2)3/h7-11,13H,4-6,12H2,1-3H3,(H,20,24)(H,21,23). The highest BCUT2D eigenvalue weighted by atomic mass is 16.5. The largest absolute Gasteiger partial charge is 0.486 e. The molecule has 0 unspecified atom stereocenters. The zero-order valence-corrected chi connectivity index (χ0v) is 15.4. The lowest BCUT2D eigenvalue weighted by atomic mass is 10.2. The monoisotopic (exact) mass is 359 g/mol. The summed E-state index contributed by atoms with van der Waals surface area (Å²) in [6.45, 7) is 5.95. The van der Waals surface area contributed by atoms with E-state index in [1.807, 2.05) is 20.8 Å². The Hall–Kier alpha value is -2.83. The van der Waals surface area contributed by atoms with Crippen LogP contribution in [0.4, 0.5) is 5.69 Å². The fourth-order valence-corrected chi connectivity index (χ4v) is 2.17. The Morgan fingerprint density at radius 2 is 1.96 bits per heavy atom. The molecule has 0 bridgehead atoms. The number of nitrogens with one attached hydrogen (secondary N) is 2. The lowest BCUT2D eigenvalue weighted by molar-refractivity contribution is -0.116. The summed E-state index contributed by atoms with van der Waals surface area (Å²) < 4.78 is 10.7. The van der Waals surface area contributed by atoms with E-state index >= 15 is 0 Å². The van der Waals surface area contributed by atoms with Gasteiger partial charge in [0, 0.05) is 24.2 Å². The zero-order chi connectivity index (χ0) is 18.9. The molecule has 0 saturated heterocycles. The van der Waals surface area contributed by atoms with E-state index in [0.717, 1.165) is 18.5 Å². The van der Waals surface area contributed by atoms with Crippen LogP contribution >= 0.6 is 0 Å². The van der Waals surface area contributed by atoms with Crippen molar-refractivity contribution in [1.82, 2.24) is 10.5 Å². The van der Waals surface area contributed by atoms with Crippen LogP contribution in [-0.4, -0.2) is 23.0 Å². The molecule has 0 fully saturated rings. The minimum Gasteiger partial charge on any atom is -0.486 e. The Labute approximate surface area is 153 Å². The summed E-state index contributed by atoms with van der Waals surface area (Å²) in [5.41, 5.74) is 0.952. The Balaban J connectivity index is 1.83. The molecule has 2 aromatic rings. The number of carbonyl (C=O) groups is 2. The van der Waals surface area contributed by atoms with Crippen molar-refractivity contribution in [2.45, 2.75) is 52.7 Å². The molecule has 7 heteroatoms. The van der Waals surface area contributed by atoms with Gasteiger partial charge < -0.3 is 19.9 Å². The SMILES string of the molecule is CCCCC(=O)Nc1ccc(OCc2cc(C(=O)NC(C)C)no2)cc1. The summed E-state index contributed by atoms with van der Waals surface area (Å²) in [4.78, 5) is 23.5. The Kier molecular flexibility index (Phi) is 7.20. The third kappa shape index (κ3) is 6.23. The van der Waals surface area contributed by atoms with Gasteiger partial charge in [-0.3, -0.25) is 9.59 Å². The summed E-state index contributed by atoms with van der Waals surface area (Å²) in [6, 6.07) is 8.67. The maximum absolute atomic E-state index is 11.8. The van der Waals surface area contributed by atoms with Gasteiger partial charge in [-0.25, -0.2) is 0 Å². The molecule has 0 aliphatic heterocycles. The van der Waals surface area contributed by atoms with E-state index in [4.69, 9.17) is 9.26 Å². The molecule has 26 heavy (non-hydrogen) atoms. The first-order chi connectivity index (χ1) is 12.5. The first kappa shape index (κ1) is 19.5.